The Hall–Kier alpha value is -1.16. The summed E-state index contributed by atoms with van der Waals surface area (Å²) in [7, 11) is 4.19. The molecular weight excluding hydrogens is 265 g/mol. The fourth-order valence-corrected chi connectivity index (χ4v) is 2.43. The molecule has 0 aliphatic rings. The van der Waals surface area contributed by atoms with Gasteiger partial charge in [0.25, 0.3) is 0 Å². The predicted octanol–water partition coefficient (Wildman–Crippen LogP) is 0.859. The summed E-state index contributed by atoms with van der Waals surface area (Å²) >= 11 is 0. The van der Waals surface area contributed by atoms with Crippen molar-refractivity contribution in [1.82, 2.24) is 0 Å². The lowest BCUT2D eigenvalue weighted by Crippen LogP contribution is -2.40. The summed E-state index contributed by atoms with van der Waals surface area (Å²) < 4.78 is 10.7. The van der Waals surface area contributed by atoms with Gasteiger partial charge in [-0.1, -0.05) is 13.2 Å². The van der Waals surface area contributed by atoms with E-state index in [-0.39, 0.29) is 12.8 Å². The van der Waals surface area contributed by atoms with E-state index in [2.05, 4.69) is 13.2 Å². The first-order chi connectivity index (χ1) is 8.67. The van der Waals surface area contributed by atoms with Crippen LogP contribution in [0.3, 0.4) is 0 Å². The second kappa shape index (κ2) is 8.10. The summed E-state index contributed by atoms with van der Waals surface area (Å²) in [5.41, 5.74) is 0.789. The van der Waals surface area contributed by atoms with Crippen molar-refractivity contribution >= 4 is 19.2 Å². The van der Waals surface area contributed by atoms with E-state index in [0.29, 0.717) is 22.1 Å². The topological polar surface area (TPSA) is 58.6 Å². The smallest absolute Gasteiger partial charge is 0.333 e. The highest BCUT2D eigenvalue weighted by Crippen LogP contribution is 2.16. The maximum Gasteiger partial charge on any atom is 0.333 e. The van der Waals surface area contributed by atoms with Crippen molar-refractivity contribution in [3.8, 4) is 0 Å². The lowest BCUT2D eigenvalue weighted by molar-refractivity contribution is -0.861. The van der Waals surface area contributed by atoms with Crippen LogP contribution < -0.4 is 4.89 Å². The normalized spacial score (nSPS) is 12.5. The van der Waals surface area contributed by atoms with Crippen molar-refractivity contribution in [3.05, 3.63) is 25.0 Å². The van der Waals surface area contributed by atoms with Gasteiger partial charge in [0.05, 0.1) is 27.4 Å². The number of hydrogen-bond donors (Lipinski definition) is 0. The zero-order chi connectivity index (χ0) is 15.1. The Morgan fingerprint density at radius 1 is 1.42 bits per heavy atom. The molecule has 0 saturated carbocycles. The Morgan fingerprint density at radius 2 is 2.00 bits per heavy atom. The lowest BCUT2D eigenvalue weighted by atomic mass is 10.4. The third-order valence-electron chi connectivity index (χ3n) is 1.98. The van der Waals surface area contributed by atoms with Gasteiger partial charge in [-0.25, -0.2) is 4.79 Å². The predicted molar refractivity (Wildman–Crippen MR) is 76.7 cm³/mol. The van der Waals surface area contributed by atoms with E-state index >= 15 is 0 Å². The zero-order valence-electron chi connectivity index (χ0n) is 12.1. The Balaban J connectivity index is 4.54. The summed E-state index contributed by atoms with van der Waals surface area (Å²) in [6, 6.07) is 0. The van der Waals surface area contributed by atoms with Crippen LogP contribution in [0.4, 0.5) is 0 Å². The first-order valence-electron chi connectivity index (χ1n) is 5.88. The number of likely N-dealkylation sites (N-methyl/N-ethyl adjacent to an activating group) is 1. The molecule has 0 bridgehead atoms. The Kier molecular flexibility index (Phi) is 7.61. The van der Waals surface area contributed by atoms with Gasteiger partial charge in [0.2, 0.25) is 0 Å². The molecule has 0 rings (SSSR count). The molecule has 0 radical (unpaired) electrons. The van der Waals surface area contributed by atoms with Crippen molar-refractivity contribution in [2.75, 3.05) is 40.5 Å². The van der Waals surface area contributed by atoms with Crippen LogP contribution in [0, 0.1) is 0 Å². The summed E-state index contributed by atoms with van der Waals surface area (Å²) in [6.45, 7) is 9.10. The average molecular weight is 288 g/mol. The van der Waals surface area contributed by atoms with Gasteiger partial charge in [-0.05, 0) is 6.92 Å². The van der Waals surface area contributed by atoms with Crippen LogP contribution in [0.5, 0.6) is 0 Å². The number of hydrogen-bond acceptors (Lipinski definition) is 4. The minimum absolute atomic E-state index is 0.0854. The maximum absolute atomic E-state index is 12.1. The van der Waals surface area contributed by atoms with Gasteiger partial charge in [-0.2, -0.15) is 0 Å². The molecular formula is C13H23NO4P+. The van der Waals surface area contributed by atoms with E-state index < -0.39 is 13.7 Å². The molecule has 5 nitrogen and oxygen atoms in total. The molecule has 1 atom stereocenters. The molecule has 0 aliphatic heterocycles. The molecule has 6 heteroatoms. The molecule has 0 amide bonds. The lowest BCUT2D eigenvalue weighted by Gasteiger charge is -2.23. The minimum atomic E-state index is -1.71. The number of ether oxygens (including phenoxy) is 2. The third kappa shape index (κ3) is 8.54. The summed E-state index contributed by atoms with van der Waals surface area (Å²) in [4.78, 5) is 23.3. The standard InChI is InChI=1S/C13H23NO4P/c1-7-17-12(10-14(4,5)6)19(16)9-8-18-13(15)11(2)3/h7H,1-2,8-10H2,3-6H3/q+1. The fraction of sp³-hybridized carbons (Fsp3) is 0.538. The Labute approximate surface area is 116 Å². The van der Waals surface area contributed by atoms with Gasteiger partial charge < -0.3 is 18.9 Å². The van der Waals surface area contributed by atoms with Crippen molar-refractivity contribution in [1.29, 1.82) is 0 Å². The van der Waals surface area contributed by atoms with Gasteiger partial charge >= 0.3 is 11.4 Å². The SMILES string of the molecule is C=COC(C[N+](C)(C)C)=[P+]([O-])CCOC(=O)C(=C)C. The summed E-state index contributed by atoms with van der Waals surface area (Å²) in [5, 5.41) is 0. The van der Waals surface area contributed by atoms with Crippen molar-refractivity contribution in [3.63, 3.8) is 0 Å². The first-order valence-corrected chi connectivity index (χ1v) is 7.33. The van der Waals surface area contributed by atoms with Gasteiger partial charge in [-0.3, -0.25) is 0 Å². The molecule has 0 N–H and O–H groups in total. The van der Waals surface area contributed by atoms with E-state index in [4.69, 9.17) is 9.47 Å². The molecule has 0 aliphatic carbocycles. The molecule has 108 valence electrons. The van der Waals surface area contributed by atoms with Gasteiger partial charge in [0.15, 0.2) is 6.54 Å². The number of nitrogens with zero attached hydrogens (tertiary/aromatic N) is 1. The van der Waals surface area contributed by atoms with E-state index in [9.17, 15) is 9.69 Å². The molecule has 1 unspecified atom stereocenters. The van der Waals surface area contributed by atoms with Crippen LogP contribution in [0.2, 0.25) is 0 Å². The highest BCUT2D eigenvalue weighted by molar-refractivity contribution is 7.51. The van der Waals surface area contributed by atoms with E-state index in [1.54, 1.807) is 6.92 Å². The summed E-state index contributed by atoms with van der Waals surface area (Å²) in [6.07, 6.45) is 1.50. The molecule has 0 saturated heterocycles. The average Bonchev–Trinajstić information content (AvgIpc) is 2.26. The largest absolute Gasteiger partial charge is 0.628 e. The molecule has 0 aromatic rings. The van der Waals surface area contributed by atoms with E-state index in [0.717, 1.165) is 0 Å². The van der Waals surface area contributed by atoms with Crippen LogP contribution >= 0.6 is 7.77 Å². The van der Waals surface area contributed by atoms with Crippen LogP contribution in [0.15, 0.2) is 25.0 Å². The molecule has 0 heterocycles. The molecule has 0 spiro atoms. The maximum atomic E-state index is 12.1. The van der Waals surface area contributed by atoms with Crippen LogP contribution in [-0.2, 0) is 14.3 Å². The van der Waals surface area contributed by atoms with Crippen molar-refractivity contribution in [2.24, 2.45) is 0 Å². The zero-order valence-corrected chi connectivity index (χ0v) is 13.0. The quantitative estimate of drug-likeness (QED) is 0.218. The number of quaternary nitrogens is 1. The highest BCUT2D eigenvalue weighted by atomic mass is 31.1. The van der Waals surface area contributed by atoms with E-state index in [1.165, 1.54) is 6.26 Å². The molecule has 0 aromatic carbocycles. The Morgan fingerprint density at radius 3 is 2.42 bits per heavy atom. The number of carbonyl (C=O) groups is 1. The van der Waals surface area contributed by atoms with Crippen molar-refractivity contribution < 1.29 is 23.6 Å². The number of rotatable bonds is 8. The van der Waals surface area contributed by atoms with Crippen LogP contribution in [0.25, 0.3) is 0 Å². The second-order valence-electron chi connectivity index (χ2n) is 5.15. The molecule has 0 aromatic heterocycles. The van der Waals surface area contributed by atoms with Crippen molar-refractivity contribution in [2.45, 2.75) is 6.92 Å². The Bertz CT molecular complexity index is 383. The molecule has 19 heavy (non-hydrogen) atoms. The molecule has 0 fully saturated rings. The minimum Gasteiger partial charge on any atom is -0.628 e. The first kappa shape index (κ1) is 17.8. The van der Waals surface area contributed by atoms with E-state index in [1.807, 2.05) is 21.1 Å². The third-order valence-corrected chi connectivity index (χ3v) is 3.38. The monoisotopic (exact) mass is 288 g/mol. The number of esters is 1. The van der Waals surface area contributed by atoms with Gasteiger partial charge in [0.1, 0.15) is 20.5 Å². The highest BCUT2D eigenvalue weighted by Gasteiger charge is 2.21. The summed E-state index contributed by atoms with van der Waals surface area (Å²) in [5.74, 6) is -0.471. The fourth-order valence-electron chi connectivity index (χ4n) is 1.15. The van der Waals surface area contributed by atoms with Gasteiger partial charge in [-0.15, -0.1) is 0 Å². The number of carbonyl (C=O) groups excluding carboxylic acids is 1. The van der Waals surface area contributed by atoms with Crippen LogP contribution in [-0.4, -0.2) is 56.4 Å². The van der Waals surface area contributed by atoms with Crippen LogP contribution in [0.1, 0.15) is 6.92 Å². The second-order valence-corrected chi connectivity index (χ2v) is 6.85. The van der Waals surface area contributed by atoms with Gasteiger partial charge in [0, 0.05) is 5.57 Å².